The highest BCUT2D eigenvalue weighted by atomic mass is 16.5. The molecule has 0 bridgehead atoms. The molecule has 0 aliphatic heterocycles. The van der Waals surface area contributed by atoms with E-state index in [1.54, 1.807) is 7.11 Å². The minimum absolute atomic E-state index is 0.403. The molecule has 0 unspecified atom stereocenters. The molecule has 0 amide bonds. The topological polar surface area (TPSA) is 63.9 Å². The molecule has 4 heteroatoms. The zero-order valence-corrected chi connectivity index (χ0v) is 7.72. The molecule has 3 N–H and O–H groups in total. The summed E-state index contributed by atoms with van der Waals surface area (Å²) in [6.07, 6.45) is 0. The molecule has 0 saturated carbocycles. The van der Waals surface area contributed by atoms with E-state index < -0.39 is 0 Å². The SMILES string of the molecule is COc1n[nH]c(C(C)C)c1CN. The normalized spacial score (nSPS) is 10.8. The molecule has 0 saturated heterocycles. The van der Waals surface area contributed by atoms with Crippen LogP contribution in [0.4, 0.5) is 0 Å². The molecular formula is C8H15N3O. The quantitative estimate of drug-likeness (QED) is 0.709. The second kappa shape index (κ2) is 3.58. The summed E-state index contributed by atoms with van der Waals surface area (Å²) in [5.41, 5.74) is 7.61. The standard InChI is InChI=1S/C8H15N3O/c1-5(2)7-6(4-9)8(12-3)11-10-7/h5H,4,9H2,1-3H3,(H,10,11). The van der Waals surface area contributed by atoms with Crippen LogP contribution in [0.3, 0.4) is 0 Å². The van der Waals surface area contributed by atoms with Crippen LogP contribution in [0, 0.1) is 0 Å². The number of rotatable bonds is 3. The van der Waals surface area contributed by atoms with Crippen molar-refractivity contribution < 1.29 is 4.74 Å². The van der Waals surface area contributed by atoms with Gasteiger partial charge in [-0.25, -0.2) is 0 Å². The zero-order valence-electron chi connectivity index (χ0n) is 7.72. The van der Waals surface area contributed by atoms with Gasteiger partial charge in [0, 0.05) is 12.2 Å². The highest BCUT2D eigenvalue weighted by molar-refractivity contribution is 5.31. The molecule has 0 fully saturated rings. The molecule has 1 aromatic rings. The van der Waals surface area contributed by atoms with Crippen molar-refractivity contribution in [3.8, 4) is 5.88 Å². The van der Waals surface area contributed by atoms with Crippen molar-refractivity contribution in [2.24, 2.45) is 5.73 Å². The third-order valence-electron chi connectivity index (χ3n) is 1.84. The monoisotopic (exact) mass is 169 g/mol. The average Bonchev–Trinajstić information content (AvgIpc) is 2.46. The third-order valence-corrected chi connectivity index (χ3v) is 1.84. The van der Waals surface area contributed by atoms with Crippen molar-refractivity contribution in [3.05, 3.63) is 11.3 Å². The summed E-state index contributed by atoms with van der Waals surface area (Å²) in [6, 6.07) is 0. The highest BCUT2D eigenvalue weighted by Gasteiger charge is 2.13. The van der Waals surface area contributed by atoms with Crippen LogP contribution in [0.2, 0.25) is 0 Å². The van der Waals surface area contributed by atoms with Gasteiger partial charge in [0.15, 0.2) is 0 Å². The van der Waals surface area contributed by atoms with Gasteiger partial charge < -0.3 is 10.5 Å². The van der Waals surface area contributed by atoms with Crippen LogP contribution in [0.1, 0.15) is 31.0 Å². The van der Waals surface area contributed by atoms with E-state index in [0.29, 0.717) is 18.3 Å². The Bertz CT molecular complexity index is 255. The van der Waals surface area contributed by atoms with Crippen LogP contribution in [0.5, 0.6) is 5.88 Å². The fourth-order valence-electron chi connectivity index (χ4n) is 1.20. The average molecular weight is 169 g/mol. The van der Waals surface area contributed by atoms with Gasteiger partial charge in [0.1, 0.15) is 0 Å². The number of aromatic nitrogens is 2. The molecule has 0 aliphatic carbocycles. The van der Waals surface area contributed by atoms with Gasteiger partial charge in [-0.15, -0.1) is 5.10 Å². The molecule has 4 nitrogen and oxygen atoms in total. The second-order valence-electron chi connectivity index (χ2n) is 2.98. The predicted molar refractivity (Wildman–Crippen MR) is 47.1 cm³/mol. The maximum Gasteiger partial charge on any atom is 0.237 e. The molecule has 0 aromatic carbocycles. The van der Waals surface area contributed by atoms with Crippen molar-refractivity contribution in [1.82, 2.24) is 10.2 Å². The number of nitrogens with two attached hydrogens (primary N) is 1. The minimum Gasteiger partial charge on any atom is -0.480 e. The van der Waals surface area contributed by atoms with Crippen LogP contribution in [0.15, 0.2) is 0 Å². The van der Waals surface area contributed by atoms with Crippen molar-refractivity contribution in [1.29, 1.82) is 0 Å². The Kier molecular flexibility index (Phi) is 2.70. The Morgan fingerprint density at radius 1 is 1.58 bits per heavy atom. The predicted octanol–water partition coefficient (Wildman–Crippen LogP) is 1.00. The van der Waals surface area contributed by atoms with Gasteiger partial charge in [-0.2, -0.15) is 0 Å². The number of aromatic amines is 1. The molecular weight excluding hydrogens is 154 g/mol. The van der Waals surface area contributed by atoms with E-state index in [9.17, 15) is 0 Å². The number of hydrogen-bond acceptors (Lipinski definition) is 3. The number of nitrogens with zero attached hydrogens (tertiary/aromatic N) is 1. The van der Waals surface area contributed by atoms with Crippen LogP contribution in [-0.4, -0.2) is 17.3 Å². The summed E-state index contributed by atoms with van der Waals surface area (Å²) in [7, 11) is 1.60. The molecule has 0 spiro atoms. The lowest BCUT2D eigenvalue weighted by Crippen LogP contribution is -2.02. The lowest BCUT2D eigenvalue weighted by atomic mass is 10.1. The first kappa shape index (κ1) is 9.06. The molecule has 0 atom stereocenters. The molecule has 12 heavy (non-hydrogen) atoms. The fraction of sp³-hybridized carbons (Fsp3) is 0.625. The fourth-order valence-corrected chi connectivity index (χ4v) is 1.20. The Morgan fingerprint density at radius 3 is 2.67 bits per heavy atom. The Hall–Kier alpha value is -1.03. The van der Waals surface area contributed by atoms with E-state index in [1.807, 2.05) is 0 Å². The molecule has 1 rings (SSSR count). The second-order valence-corrected chi connectivity index (χ2v) is 2.98. The largest absolute Gasteiger partial charge is 0.480 e. The zero-order chi connectivity index (χ0) is 9.14. The Morgan fingerprint density at radius 2 is 2.25 bits per heavy atom. The molecule has 1 aromatic heterocycles. The van der Waals surface area contributed by atoms with E-state index in [-0.39, 0.29) is 0 Å². The Balaban J connectivity index is 3.05. The third kappa shape index (κ3) is 1.43. The molecule has 1 heterocycles. The van der Waals surface area contributed by atoms with Gasteiger partial charge in [-0.3, -0.25) is 5.10 Å². The minimum atomic E-state index is 0.403. The summed E-state index contributed by atoms with van der Waals surface area (Å²) < 4.78 is 5.04. The van der Waals surface area contributed by atoms with Gasteiger partial charge >= 0.3 is 0 Å². The number of H-pyrrole nitrogens is 1. The molecule has 68 valence electrons. The number of nitrogens with one attached hydrogen (secondary N) is 1. The maximum absolute atomic E-state index is 5.57. The first-order valence-corrected chi connectivity index (χ1v) is 4.01. The van der Waals surface area contributed by atoms with Crippen LogP contribution >= 0.6 is 0 Å². The van der Waals surface area contributed by atoms with E-state index in [4.69, 9.17) is 10.5 Å². The molecule has 0 radical (unpaired) electrons. The van der Waals surface area contributed by atoms with E-state index in [1.165, 1.54) is 0 Å². The smallest absolute Gasteiger partial charge is 0.237 e. The van der Waals surface area contributed by atoms with E-state index >= 15 is 0 Å². The summed E-state index contributed by atoms with van der Waals surface area (Å²) in [5.74, 6) is 1.01. The highest BCUT2D eigenvalue weighted by Crippen LogP contribution is 2.23. The number of ether oxygens (including phenoxy) is 1. The van der Waals surface area contributed by atoms with Crippen molar-refractivity contribution in [2.45, 2.75) is 26.3 Å². The van der Waals surface area contributed by atoms with Gasteiger partial charge in [0.25, 0.3) is 0 Å². The summed E-state index contributed by atoms with van der Waals surface area (Å²) >= 11 is 0. The van der Waals surface area contributed by atoms with Crippen molar-refractivity contribution in [2.75, 3.05) is 7.11 Å². The van der Waals surface area contributed by atoms with Gasteiger partial charge in [-0.05, 0) is 5.92 Å². The van der Waals surface area contributed by atoms with Crippen LogP contribution < -0.4 is 10.5 Å². The number of methoxy groups -OCH3 is 1. The number of hydrogen-bond donors (Lipinski definition) is 2. The van der Waals surface area contributed by atoms with Gasteiger partial charge in [-0.1, -0.05) is 13.8 Å². The molecule has 0 aliphatic rings. The van der Waals surface area contributed by atoms with E-state index in [0.717, 1.165) is 11.3 Å². The lowest BCUT2D eigenvalue weighted by Gasteiger charge is -2.04. The summed E-state index contributed by atoms with van der Waals surface area (Å²) in [5, 5.41) is 6.92. The summed E-state index contributed by atoms with van der Waals surface area (Å²) in [6.45, 7) is 4.64. The Labute approximate surface area is 72.1 Å². The van der Waals surface area contributed by atoms with Crippen molar-refractivity contribution >= 4 is 0 Å². The lowest BCUT2D eigenvalue weighted by molar-refractivity contribution is 0.392. The first-order chi connectivity index (χ1) is 5.70. The first-order valence-electron chi connectivity index (χ1n) is 4.01. The van der Waals surface area contributed by atoms with Crippen molar-refractivity contribution in [3.63, 3.8) is 0 Å². The van der Waals surface area contributed by atoms with Gasteiger partial charge in [0.2, 0.25) is 5.88 Å². The summed E-state index contributed by atoms with van der Waals surface area (Å²) in [4.78, 5) is 0. The van der Waals surface area contributed by atoms with Crippen LogP contribution in [0.25, 0.3) is 0 Å². The van der Waals surface area contributed by atoms with Gasteiger partial charge in [0.05, 0.1) is 12.7 Å². The van der Waals surface area contributed by atoms with Crippen LogP contribution in [-0.2, 0) is 6.54 Å². The maximum atomic E-state index is 5.57. The van der Waals surface area contributed by atoms with E-state index in [2.05, 4.69) is 24.0 Å².